The number of hydrogen-bond acceptors (Lipinski definition) is 3. The molecule has 29 heavy (non-hydrogen) atoms. The second-order valence-electron chi connectivity index (χ2n) is 7.11. The van der Waals surface area contributed by atoms with Crippen LogP contribution in [0, 0.1) is 11.6 Å². The van der Waals surface area contributed by atoms with Gasteiger partial charge in [0, 0.05) is 23.6 Å². The van der Waals surface area contributed by atoms with E-state index in [1.165, 1.54) is 16.7 Å². The van der Waals surface area contributed by atoms with Gasteiger partial charge < -0.3 is 4.57 Å². The van der Waals surface area contributed by atoms with Crippen molar-refractivity contribution in [2.75, 3.05) is 0 Å². The monoisotopic (exact) mass is 412 g/mol. The van der Waals surface area contributed by atoms with Crippen molar-refractivity contribution in [3.05, 3.63) is 87.2 Å². The third-order valence-corrected chi connectivity index (χ3v) is 5.31. The average Bonchev–Trinajstić information content (AvgIpc) is 3.45. The van der Waals surface area contributed by atoms with Gasteiger partial charge in [0.1, 0.15) is 17.5 Å². The minimum atomic E-state index is -0.683. The summed E-state index contributed by atoms with van der Waals surface area (Å²) in [6.45, 7) is 0. The Hall–Kier alpha value is -3.06. The summed E-state index contributed by atoms with van der Waals surface area (Å²) >= 11 is 5.98. The fraction of sp³-hybridized carbons (Fsp3) is 0.190. The second-order valence-corrected chi connectivity index (χ2v) is 7.55. The molecule has 0 N–H and O–H groups in total. The van der Waals surface area contributed by atoms with Gasteiger partial charge in [0.05, 0.1) is 12.0 Å². The standard InChI is InChI=1S/C21H15ClF2N4O/c22-13-2-5-16(6-3-13)28-18(9-12-1-4-14(23)10-17(12)24)26-20-19(21(28)29)25-11-27(20)15-7-8-15/h1-6,10-11,15H,7-9H2. The fourth-order valence-corrected chi connectivity index (χ4v) is 3.57. The minimum absolute atomic E-state index is 0.0236. The molecule has 0 radical (unpaired) electrons. The lowest BCUT2D eigenvalue weighted by Gasteiger charge is -2.14. The summed E-state index contributed by atoms with van der Waals surface area (Å²) in [5, 5.41) is 0.528. The zero-order valence-corrected chi connectivity index (χ0v) is 15.9. The quantitative estimate of drug-likeness (QED) is 0.498. The Kier molecular flexibility index (Phi) is 4.20. The first-order chi connectivity index (χ1) is 14.0. The van der Waals surface area contributed by atoms with Crippen LogP contribution in [-0.2, 0) is 6.42 Å². The Balaban J connectivity index is 1.74. The minimum Gasteiger partial charge on any atom is -0.312 e. The molecule has 8 heteroatoms. The van der Waals surface area contributed by atoms with Gasteiger partial charge in [0.15, 0.2) is 11.2 Å². The van der Waals surface area contributed by atoms with Crippen molar-refractivity contribution >= 4 is 22.8 Å². The molecule has 0 atom stereocenters. The third kappa shape index (κ3) is 3.21. The van der Waals surface area contributed by atoms with Gasteiger partial charge in [-0.2, -0.15) is 0 Å². The van der Waals surface area contributed by atoms with Crippen LogP contribution >= 0.6 is 11.6 Å². The van der Waals surface area contributed by atoms with Gasteiger partial charge in [-0.05, 0) is 48.7 Å². The van der Waals surface area contributed by atoms with Gasteiger partial charge in [-0.25, -0.2) is 18.7 Å². The first kappa shape index (κ1) is 18.0. The smallest absolute Gasteiger partial charge is 0.286 e. The first-order valence-corrected chi connectivity index (χ1v) is 9.57. The lowest BCUT2D eigenvalue weighted by molar-refractivity contribution is 0.572. The molecule has 0 spiro atoms. The molecule has 2 heterocycles. The van der Waals surface area contributed by atoms with Crippen LogP contribution in [0.1, 0.15) is 30.3 Å². The summed E-state index contributed by atoms with van der Waals surface area (Å²) in [4.78, 5) is 22.2. The maximum absolute atomic E-state index is 14.3. The molecule has 5 rings (SSSR count). The summed E-state index contributed by atoms with van der Waals surface area (Å²) in [6, 6.07) is 10.4. The SMILES string of the molecule is O=c1c2ncn(C3CC3)c2nc(Cc2ccc(F)cc2F)n1-c1ccc(Cl)cc1. The highest BCUT2D eigenvalue weighted by atomic mass is 35.5. The Morgan fingerprint density at radius 2 is 1.86 bits per heavy atom. The topological polar surface area (TPSA) is 52.7 Å². The number of halogens is 3. The van der Waals surface area contributed by atoms with Crippen LogP contribution in [0.4, 0.5) is 8.78 Å². The van der Waals surface area contributed by atoms with Crippen molar-refractivity contribution in [3.8, 4) is 5.69 Å². The number of nitrogens with zero attached hydrogens (tertiary/aromatic N) is 4. The van der Waals surface area contributed by atoms with Crippen molar-refractivity contribution in [2.45, 2.75) is 25.3 Å². The molecule has 5 nitrogen and oxygen atoms in total. The van der Waals surface area contributed by atoms with E-state index in [0.717, 1.165) is 18.9 Å². The van der Waals surface area contributed by atoms with Crippen LogP contribution in [0.15, 0.2) is 53.6 Å². The lowest BCUT2D eigenvalue weighted by atomic mass is 10.1. The molecular formula is C21H15ClF2N4O. The molecule has 0 bridgehead atoms. The molecular weight excluding hydrogens is 398 g/mol. The predicted octanol–water partition coefficient (Wildman–Crippen LogP) is 4.44. The summed E-state index contributed by atoms with van der Waals surface area (Å²) in [6.07, 6.45) is 3.67. The third-order valence-electron chi connectivity index (χ3n) is 5.06. The van der Waals surface area contributed by atoms with Gasteiger partial charge >= 0.3 is 0 Å². The Bertz CT molecular complexity index is 1290. The van der Waals surface area contributed by atoms with E-state index in [9.17, 15) is 13.6 Å². The molecule has 1 aliphatic carbocycles. The highest BCUT2D eigenvalue weighted by molar-refractivity contribution is 6.30. The molecule has 1 aliphatic rings. The van der Waals surface area contributed by atoms with Crippen LogP contribution in [0.2, 0.25) is 5.02 Å². The number of aromatic nitrogens is 4. The maximum atomic E-state index is 14.3. The van der Waals surface area contributed by atoms with E-state index in [1.807, 2.05) is 4.57 Å². The molecule has 1 saturated carbocycles. The Morgan fingerprint density at radius 3 is 2.55 bits per heavy atom. The Labute approximate surface area is 169 Å². The van der Waals surface area contributed by atoms with Crippen molar-refractivity contribution in [1.29, 1.82) is 0 Å². The van der Waals surface area contributed by atoms with E-state index in [4.69, 9.17) is 11.6 Å². The molecule has 2 aromatic carbocycles. The van der Waals surface area contributed by atoms with Crippen molar-refractivity contribution in [2.24, 2.45) is 0 Å². The number of imidazole rings is 1. The largest absolute Gasteiger partial charge is 0.312 e. The summed E-state index contributed by atoms with van der Waals surface area (Å²) in [7, 11) is 0. The molecule has 0 saturated heterocycles. The zero-order chi connectivity index (χ0) is 20.1. The summed E-state index contributed by atoms with van der Waals surface area (Å²) in [5.41, 5.74) is 1.20. The predicted molar refractivity (Wildman–Crippen MR) is 106 cm³/mol. The van der Waals surface area contributed by atoms with Crippen molar-refractivity contribution in [3.63, 3.8) is 0 Å². The molecule has 2 aromatic heterocycles. The van der Waals surface area contributed by atoms with E-state index in [-0.39, 0.29) is 29.1 Å². The van der Waals surface area contributed by atoms with Gasteiger partial charge in [-0.15, -0.1) is 0 Å². The van der Waals surface area contributed by atoms with Crippen LogP contribution in [0.5, 0.6) is 0 Å². The average molecular weight is 413 g/mol. The van der Waals surface area contributed by atoms with Crippen LogP contribution in [-0.4, -0.2) is 19.1 Å². The van der Waals surface area contributed by atoms with E-state index in [2.05, 4.69) is 9.97 Å². The molecule has 1 fully saturated rings. The molecule has 0 aliphatic heterocycles. The molecule has 0 amide bonds. The van der Waals surface area contributed by atoms with Gasteiger partial charge in [-0.3, -0.25) is 9.36 Å². The number of hydrogen-bond donors (Lipinski definition) is 0. The van der Waals surface area contributed by atoms with E-state index in [0.29, 0.717) is 22.2 Å². The summed E-state index contributed by atoms with van der Waals surface area (Å²) < 4.78 is 30.9. The van der Waals surface area contributed by atoms with E-state index in [1.54, 1.807) is 30.6 Å². The lowest BCUT2D eigenvalue weighted by Crippen LogP contribution is -2.25. The molecule has 4 aromatic rings. The molecule has 0 unspecified atom stereocenters. The first-order valence-electron chi connectivity index (χ1n) is 9.19. The molecule has 146 valence electrons. The number of benzene rings is 2. The van der Waals surface area contributed by atoms with Crippen molar-refractivity contribution < 1.29 is 8.78 Å². The fourth-order valence-electron chi connectivity index (χ4n) is 3.44. The normalized spacial score (nSPS) is 13.9. The highest BCUT2D eigenvalue weighted by Crippen LogP contribution is 2.36. The zero-order valence-electron chi connectivity index (χ0n) is 15.1. The number of fused-ring (bicyclic) bond motifs is 1. The van der Waals surface area contributed by atoms with Crippen molar-refractivity contribution in [1.82, 2.24) is 19.1 Å². The van der Waals surface area contributed by atoms with E-state index < -0.39 is 11.6 Å². The van der Waals surface area contributed by atoms with E-state index >= 15 is 0 Å². The maximum Gasteiger partial charge on any atom is 0.286 e. The van der Waals surface area contributed by atoms with Crippen LogP contribution in [0.25, 0.3) is 16.9 Å². The number of rotatable bonds is 4. The van der Waals surface area contributed by atoms with Crippen LogP contribution < -0.4 is 5.56 Å². The summed E-state index contributed by atoms with van der Waals surface area (Å²) in [5.74, 6) is -0.994. The van der Waals surface area contributed by atoms with Gasteiger partial charge in [-0.1, -0.05) is 17.7 Å². The second kappa shape index (κ2) is 6.77. The highest BCUT2D eigenvalue weighted by Gasteiger charge is 2.27. The Morgan fingerprint density at radius 1 is 1.10 bits per heavy atom. The van der Waals surface area contributed by atoms with Gasteiger partial charge in [0.25, 0.3) is 5.56 Å². The van der Waals surface area contributed by atoms with Crippen LogP contribution in [0.3, 0.4) is 0 Å². The van der Waals surface area contributed by atoms with Gasteiger partial charge in [0.2, 0.25) is 0 Å².